The SMILES string of the molecule is O=C(O)CSc1ccc([N+](=O)[O-])c2ccncc12. The Balaban J connectivity index is 2.53. The first-order chi connectivity index (χ1) is 8.59. The number of rotatable bonds is 4. The number of non-ortho nitro benzene ring substituents is 1. The summed E-state index contributed by atoms with van der Waals surface area (Å²) >= 11 is 1.12. The maximum atomic E-state index is 10.9. The molecule has 0 aliphatic heterocycles. The van der Waals surface area contributed by atoms with Gasteiger partial charge in [-0.15, -0.1) is 11.8 Å². The van der Waals surface area contributed by atoms with Crippen molar-refractivity contribution >= 4 is 34.2 Å². The Morgan fingerprint density at radius 1 is 1.39 bits per heavy atom. The lowest BCUT2D eigenvalue weighted by Crippen LogP contribution is -1.98. The minimum Gasteiger partial charge on any atom is -0.481 e. The largest absolute Gasteiger partial charge is 0.481 e. The minimum absolute atomic E-state index is 0.00734. The average molecular weight is 264 g/mol. The van der Waals surface area contributed by atoms with Gasteiger partial charge in [-0.2, -0.15) is 0 Å². The number of carboxylic acid groups (broad SMARTS) is 1. The maximum absolute atomic E-state index is 10.9. The molecule has 0 aliphatic carbocycles. The van der Waals surface area contributed by atoms with Crippen LogP contribution in [0, 0.1) is 10.1 Å². The highest BCUT2D eigenvalue weighted by Gasteiger charge is 2.14. The topological polar surface area (TPSA) is 93.3 Å². The van der Waals surface area contributed by atoms with E-state index >= 15 is 0 Å². The van der Waals surface area contributed by atoms with Gasteiger partial charge < -0.3 is 5.11 Å². The van der Waals surface area contributed by atoms with Crippen LogP contribution in [-0.4, -0.2) is 26.7 Å². The third kappa shape index (κ3) is 2.40. The molecule has 1 aromatic carbocycles. The van der Waals surface area contributed by atoms with E-state index in [-0.39, 0.29) is 11.4 Å². The number of hydrogen-bond donors (Lipinski definition) is 1. The van der Waals surface area contributed by atoms with Gasteiger partial charge in [-0.1, -0.05) is 0 Å². The third-order valence-corrected chi connectivity index (χ3v) is 3.36. The van der Waals surface area contributed by atoms with Gasteiger partial charge in [0.15, 0.2) is 0 Å². The van der Waals surface area contributed by atoms with E-state index in [0.29, 0.717) is 15.7 Å². The molecule has 1 aromatic heterocycles. The Kier molecular flexibility index (Phi) is 3.42. The van der Waals surface area contributed by atoms with Crippen LogP contribution in [-0.2, 0) is 4.79 Å². The Bertz CT molecular complexity index is 629. The molecule has 18 heavy (non-hydrogen) atoms. The lowest BCUT2D eigenvalue weighted by molar-refractivity contribution is -0.383. The normalized spacial score (nSPS) is 10.4. The molecule has 6 nitrogen and oxygen atoms in total. The standard InChI is InChI=1S/C11H8N2O4S/c14-11(15)6-18-10-2-1-9(13(16)17)7-3-4-12-5-8(7)10/h1-5H,6H2,(H,14,15). The number of pyridine rings is 1. The predicted octanol–water partition coefficient (Wildman–Crippen LogP) is 2.32. The summed E-state index contributed by atoms with van der Waals surface area (Å²) in [5.74, 6) is -1.03. The van der Waals surface area contributed by atoms with E-state index in [0.717, 1.165) is 11.8 Å². The Morgan fingerprint density at radius 3 is 2.83 bits per heavy atom. The van der Waals surface area contributed by atoms with Gasteiger partial charge in [0.1, 0.15) is 0 Å². The number of aliphatic carboxylic acids is 1. The van der Waals surface area contributed by atoms with Crippen molar-refractivity contribution < 1.29 is 14.8 Å². The van der Waals surface area contributed by atoms with Crippen LogP contribution in [0.5, 0.6) is 0 Å². The van der Waals surface area contributed by atoms with Gasteiger partial charge in [-0.25, -0.2) is 0 Å². The molecule has 0 saturated carbocycles. The summed E-state index contributed by atoms with van der Waals surface area (Å²) in [5, 5.41) is 20.6. The number of benzene rings is 1. The van der Waals surface area contributed by atoms with Gasteiger partial charge in [0.2, 0.25) is 0 Å². The number of nitro groups is 1. The van der Waals surface area contributed by atoms with Crippen LogP contribution in [0.2, 0.25) is 0 Å². The quantitative estimate of drug-likeness (QED) is 0.517. The third-order valence-electron chi connectivity index (χ3n) is 2.30. The van der Waals surface area contributed by atoms with Crippen LogP contribution in [0.25, 0.3) is 10.8 Å². The zero-order valence-corrected chi connectivity index (χ0v) is 9.88. The molecule has 7 heteroatoms. The monoisotopic (exact) mass is 264 g/mol. The highest BCUT2D eigenvalue weighted by atomic mass is 32.2. The molecule has 2 aromatic rings. The molecule has 0 radical (unpaired) electrons. The second-order valence-electron chi connectivity index (χ2n) is 3.44. The second kappa shape index (κ2) is 5.01. The van der Waals surface area contributed by atoms with Gasteiger partial charge in [-0.05, 0) is 12.1 Å². The summed E-state index contributed by atoms with van der Waals surface area (Å²) in [6.07, 6.45) is 2.98. The van der Waals surface area contributed by atoms with Crippen LogP contribution in [0.1, 0.15) is 0 Å². The van der Waals surface area contributed by atoms with Gasteiger partial charge in [0.05, 0.1) is 16.1 Å². The number of fused-ring (bicyclic) bond motifs is 1. The smallest absolute Gasteiger partial charge is 0.313 e. The highest BCUT2D eigenvalue weighted by molar-refractivity contribution is 8.00. The predicted molar refractivity (Wildman–Crippen MR) is 66.8 cm³/mol. The van der Waals surface area contributed by atoms with E-state index in [1.54, 1.807) is 12.1 Å². The number of carbonyl (C=O) groups is 1. The minimum atomic E-state index is -0.935. The Labute approximate surface area is 106 Å². The van der Waals surface area contributed by atoms with Gasteiger partial charge >= 0.3 is 5.97 Å². The fourth-order valence-electron chi connectivity index (χ4n) is 1.57. The summed E-state index contributed by atoms with van der Waals surface area (Å²) < 4.78 is 0. The number of thioether (sulfide) groups is 1. The molecule has 0 fully saturated rings. The molecule has 2 rings (SSSR count). The van der Waals surface area contributed by atoms with Gasteiger partial charge in [0, 0.05) is 28.7 Å². The number of carboxylic acids is 1. The van der Waals surface area contributed by atoms with Crippen LogP contribution in [0.15, 0.2) is 35.5 Å². The van der Waals surface area contributed by atoms with Crippen LogP contribution in [0.3, 0.4) is 0 Å². The summed E-state index contributed by atoms with van der Waals surface area (Å²) in [4.78, 5) is 25.5. The van der Waals surface area contributed by atoms with E-state index in [9.17, 15) is 14.9 Å². The van der Waals surface area contributed by atoms with Crippen molar-refractivity contribution in [2.24, 2.45) is 0 Å². The van der Waals surface area contributed by atoms with Crippen molar-refractivity contribution in [3.63, 3.8) is 0 Å². The lowest BCUT2D eigenvalue weighted by Gasteiger charge is -2.04. The summed E-state index contributed by atoms with van der Waals surface area (Å²) in [6.45, 7) is 0. The second-order valence-corrected chi connectivity index (χ2v) is 4.46. The lowest BCUT2D eigenvalue weighted by atomic mass is 10.1. The molecule has 0 spiro atoms. The first kappa shape index (κ1) is 12.3. The maximum Gasteiger partial charge on any atom is 0.313 e. The van der Waals surface area contributed by atoms with Crippen molar-refractivity contribution in [3.05, 3.63) is 40.7 Å². The summed E-state index contributed by atoms with van der Waals surface area (Å²) in [5.41, 5.74) is -0.00734. The van der Waals surface area contributed by atoms with Crippen LogP contribution < -0.4 is 0 Å². The van der Waals surface area contributed by atoms with Crippen molar-refractivity contribution in [2.75, 3.05) is 5.75 Å². The summed E-state index contributed by atoms with van der Waals surface area (Å²) in [6, 6.07) is 4.49. The average Bonchev–Trinajstić information content (AvgIpc) is 2.35. The fourth-order valence-corrected chi connectivity index (χ4v) is 2.33. The number of aromatic nitrogens is 1. The van der Waals surface area contributed by atoms with Crippen molar-refractivity contribution in [1.29, 1.82) is 0 Å². The highest BCUT2D eigenvalue weighted by Crippen LogP contribution is 2.33. The molecule has 1 N–H and O–H groups in total. The zero-order chi connectivity index (χ0) is 13.1. The van der Waals surface area contributed by atoms with E-state index in [1.165, 1.54) is 18.5 Å². The Hall–Kier alpha value is -2.15. The molecule has 1 heterocycles. The first-order valence-electron chi connectivity index (χ1n) is 4.95. The van der Waals surface area contributed by atoms with Gasteiger partial charge in [0.25, 0.3) is 5.69 Å². The van der Waals surface area contributed by atoms with Crippen molar-refractivity contribution in [1.82, 2.24) is 4.98 Å². The van der Waals surface area contributed by atoms with Crippen molar-refractivity contribution in [3.8, 4) is 0 Å². The van der Waals surface area contributed by atoms with E-state index < -0.39 is 10.9 Å². The molecule has 0 atom stereocenters. The molecular weight excluding hydrogens is 256 g/mol. The van der Waals surface area contributed by atoms with Gasteiger partial charge in [-0.3, -0.25) is 19.9 Å². The molecular formula is C11H8N2O4S. The number of hydrogen-bond acceptors (Lipinski definition) is 5. The molecule has 0 unspecified atom stereocenters. The van der Waals surface area contributed by atoms with Crippen molar-refractivity contribution in [2.45, 2.75) is 4.90 Å². The fraction of sp³-hybridized carbons (Fsp3) is 0.0909. The first-order valence-corrected chi connectivity index (χ1v) is 5.94. The zero-order valence-electron chi connectivity index (χ0n) is 9.07. The molecule has 0 amide bonds. The number of nitro benzene ring substituents is 1. The summed E-state index contributed by atoms with van der Waals surface area (Å²) in [7, 11) is 0. The number of nitrogens with zero attached hydrogens (tertiary/aromatic N) is 2. The molecule has 0 aliphatic rings. The molecule has 0 bridgehead atoms. The van der Waals surface area contributed by atoms with Crippen LogP contribution in [0.4, 0.5) is 5.69 Å². The molecule has 92 valence electrons. The molecule has 0 saturated heterocycles. The Morgan fingerprint density at radius 2 is 2.17 bits per heavy atom. The van der Waals surface area contributed by atoms with E-state index in [4.69, 9.17) is 5.11 Å². The van der Waals surface area contributed by atoms with Crippen LogP contribution >= 0.6 is 11.8 Å². The van der Waals surface area contributed by atoms with E-state index in [1.807, 2.05) is 0 Å². The van der Waals surface area contributed by atoms with E-state index in [2.05, 4.69) is 4.98 Å².